The van der Waals surface area contributed by atoms with Crippen LogP contribution >= 0.6 is 0 Å². The van der Waals surface area contributed by atoms with Gasteiger partial charge in [0.2, 0.25) is 0 Å². The molecule has 0 bridgehead atoms. The van der Waals surface area contributed by atoms with Crippen LogP contribution in [0.3, 0.4) is 0 Å². The van der Waals surface area contributed by atoms with Crippen LogP contribution < -0.4 is 5.73 Å². The summed E-state index contributed by atoms with van der Waals surface area (Å²) in [6.07, 6.45) is 0. The molecule has 1 heterocycles. The van der Waals surface area contributed by atoms with Crippen LogP contribution in [-0.4, -0.2) is 9.97 Å². The lowest BCUT2D eigenvalue weighted by molar-refractivity contribution is 1.35. The van der Waals surface area contributed by atoms with Crippen LogP contribution in [0.5, 0.6) is 0 Å². The lowest BCUT2D eigenvalue weighted by Gasteiger charge is -1.95. The highest BCUT2D eigenvalue weighted by Crippen LogP contribution is 2.18. The molecule has 0 fully saturated rings. The minimum absolute atomic E-state index is 0.485. The van der Waals surface area contributed by atoms with E-state index in [2.05, 4.69) is 23.0 Å². The standard InChI is InChI=1S/C9H11N3/c1-5-3-6(2)8-7(4-5)11-9(10)12-8/h3-4H,1-2H3,(H3,10,11,12). The van der Waals surface area contributed by atoms with Gasteiger partial charge in [-0.25, -0.2) is 4.98 Å². The summed E-state index contributed by atoms with van der Waals surface area (Å²) in [5, 5.41) is 0. The molecule has 3 heteroatoms. The number of aromatic amines is 1. The molecule has 0 amide bonds. The zero-order chi connectivity index (χ0) is 8.72. The summed E-state index contributed by atoms with van der Waals surface area (Å²) < 4.78 is 0. The summed E-state index contributed by atoms with van der Waals surface area (Å²) in [5.41, 5.74) is 9.92. The molecule has 0 aliphatic heterocycles. The fourth-order valence-corrected chi connectivity index (χ4v) is 1.49. The highest BCUT2D eigenvalue weighted by Gasteiger charge is 2.02. The predicted octanol–water partition coefficient (Wildman–Crippen LogP) is 1.76. The molecular formula is C9H11N3. The van der Waals surface area contributed by atoms with Crippen LogP contribution in [-0.2, 0) is 0 Å². The molecule has 62 valence electrons. The van der Waals surface area contributed by atoms with E-state index < -0.39 is 0 Å². The number of nitrogens with two attached hydrogens (primary N) is 1. The van der Waals surface area contributed by atoms with Crippen LogP contribution in [0.4, 0.5) is 5.95 Å². The van der Waals surface area contributed by atoms with Crippen LogP contribution in [0.2, 0.25) is 0 Å². The van der Waals surface area contributed by atoms with Crippen molar-refractivity contribution in [1.82, 2.24) is 9.97 Å². The Balaban J connectivity index is 2.88. The monoisotopic (exact) mass is 161 g/mol. The van der Waals surface area contributed by atoms with Gasteiger partial charge >= 0.3 is 0 Å². The summed E-state index contributed by atoms with van der Waals surface area (Å²) in [6, 6.07) is 4.15. The summed E-state index contributed by atoms with van der Waals surface area (Å²) in [7, 11) is 0. The summed E-state index contributed by atoms with van der Waals surface area (Å²) in [4.78, 5) is 7.18. The van der Waals surface area contributed by atoms with Gasteiger partial charge in [-0.2, -0.15) is 0 Å². The van der Waals surface area contributed by atoms with E-state index >= 15 is 0 Å². The lowest BCUT2D eigenvalue weighted by Crippen LogP contribution is -1.84. The van der Waals surface area contributed by atoms with E-state index in [0.29, 0.717) is 5.95 Å². The Hall–Kier alpha value is -1.51. The summed E-state index contributed by atoms with van der Waals surface area (Å²) in [5.74, 6) is 0.485. The third-order valence-corrected chi connectivity index (χ3v) is 1.94. The van der Waals surface area contributed by atoms with Gasteiger partial charge in [-0.1, -0.05) is 6.07 Å². The molecule has 2 rings (SSSR count). The zero-order valence-electron chi connectivity index (χ0n) is 7.18. The second-order valence-corrected chi connectivity index (χ2v) is 3.10. The first-order valence-electron chi connectivity index (χ1n) is 3.89. The fraction of sp³-hybridized carbons (Fsp3) is 0.222. The third-order valence-electron chi connectivity index (χ3n) is 1.94. The van der Waals surface area contributed by atoms with E-state index in [-0.39, 0.29) is 0 Å². The van der Waals surface area contributed by atoms with Crippen molar-refractivity contribution in [2.75, 3.05) is 5.73 Å². The van der Waals surface area contributed by atoms with Crippen molar-refractivity contribution in [3.8, 4) is 0 Å². The average molecular weight is 161 g/mol. The number of fused-ring (bicyclic) bond motifs is 1. The largest absolute Gasteiger partial charge is 0.369 e. The Kier molecular flexibility index (Phi) is 1.33. The number of imidazole rings is 1. The number of nitrogen functional groups attached to an aromatic ring is 1. The molecule has 0 aliphatic carbocycles. The zero-order valence-corrected chi connectivity index (χ0v) is 7.18. The van der Waals surface area contributed by atoms with Crippen molar-refractivity contribution in [3.05, 3.63) is 23.3 Å². The number of nitrogens with zero attached hydrogens (tertiary/aromatic N) is 1. The first kappa shape index (κ1) is 7.16. The number of hydrogen-bond acceptors (Lipinski definition) is 2. The number of H-pyrrole nitrogens is 1. The normalized spacial score (nSPS) is 10.8. The predicted molar refractivity (Wildman–Crippen MR) is 50.0 cm³/mol. The maximum Gasteiger partial charge on any atom is 0.198 e. The average Bonchev–Trinajstić information content (AvgIpc) is 2.29. The number of anilines is 1. The van der Waals surface area contributed by atoms with Crippen LogP contribution in [0.15, 0.2) is 12.1 Å². The van der Waals surface area contributed by atoms with Gasteiger partial charge in [0.1, 0.15) is 0 Å². The maximum absolute atomic E-state index is 5.54. The van der Waals surface area contributed by atoms with Gasteiger partial charge in [0.15, 0.2) is 5.95 Å². The molecule has 1 aromatic heterocycles. The number of rotatable bonds is 0. The van der Waals surface area contributed by atoms with Gasteiger partial charge in [0.25, 0.3) is 0 Å². The second kappa shape index (κ2) is 2.24. The SMILES string of the molecule is Cc1cc(C)c2nc(N)[nH]c2c1. The minimum Gasteiger partial charge on any atom is -0.369 e. The maximum atomic E-state index is 5.54. The van der Waals surface area contributed by atoms with Crippen molar-refractivity contribution >= 4 is 17.0 Å². The summed E-state index contributed by atoms with van der Waals surface area (Å²) in [6.45, 7) is 4.10. The molecule has 2 aromatic rings. The topological polar surface area (TPSA) is 54.7 Å². The van der Waals surface area contributed by atoms with Crippen molar-refractivity contribution in [1.29, 1.82) is 0 Å². The molecular weight excluding hydrogens is 150 g/mol. The van der Waals surface area contributed by atoms with E-state index in [4.69, 9.17) is 5.73 Å². The number of nitrogens with one attached hydrogen (secondary N) is 1. The van der Waals surface area contributed by atoms with Crippen molar-refractivity contribution < 1.29 is 0 Å². The fourth-order valence-electron chi connectivity index (χ4n) is 1.49. The molecule has 12 heavy (non-hydrogen) atoms. The number of hydrogen-bond donors (Lipinski definition) is 2. The highest BCUT2D eigenvalue weighted by atomic mass is 15.0. The van der Waals surface area contributed by atoms with E-state index in [9.17, 15) is 0 Å². The van der Waals surface area contributed by atoms with Crippen molar-refractivity contribution in [2.45, 2.75) is 13.8 Å². The Labute approximate surface area is 70.6 Å². The number of benzene rings is 1. The third kappa shape index (κ3) is 0.942. The van der Waals surface area contributed by atoms with Gasteiger partial charge < -0.3 is 10.7 Å². The molecule has 3 N–H and O–H groups in total. The van der Waals surface area contributed by atoms with E-state index in [0.717, 1.165) is 16.6 Å². The second-order valence-electron chi connectivity index (χ2n) is 3.10. The first-order chi connectivity index (χ1) is 5.66. The molecule has 0 unspecified atom stereocenters. The lowest BCUT2D eigenvalue weighted by atomic mass is 10.1. The Morgan fingerprint density at radius 1 is 1.33 bits per heavy atom. The molecule has 0 radical (unpaired) electrons. The Morgan fingerprint density at radius 3 is 2.83 bits per heavy atom. The van der Waals surface area contributed by atoms with Crippen LogP contribution in [0.25, 0.3) is 11.0 Å². The van der Waals surface area contributed by atoms with Gasteiger partial charge in [0.05, 0.1) is 11.0 Å². The molecule has 0 saturated heterocycles. The quantitative estimate of drug-likeness (QED) is 0.618. The Bertz CT molecular complexity index is 429. The Morgan fingerprint density at radius 2 is 2.08 bits per heavy atom. The minimum atomic E-state index is 0.485. The van der Waals surface area contributed by atoms with Gasteiger partial charge in [-0.05, 0) is 31.0 Å². The number of aryl methyl sites for hydroxylation is 2. The van der Waals surface area contributed by atoms with Crippen molar-refractivity contribution in [2.24, 2.45) is 0 Å². The smallest absolute Gasteiger partial charge is 0.198 e. The highest BCUT2D eigenvalue weighted by molar-refractivity contribution is 5.81. The van der Waals surface area contributed by atoms with Crippen molar-refractivity contribution in [3.63, 3.8) is 0 Å². The molecule has 0 saturated carbocycles. The number of aromatic nitrogens is 2. The molecule has 0 aliphatic rings. The van der Waals surface area contributed by atoms with E-state index in [1.807, 2.05) is 13.0 Å². The van der Waals surface area contributed by atoms with Crippen LogP contribution in [0.1, 0.15) is 11.1 Å². The van der Waals surface area contributed by atoms with E-state index in [1.165, 1.54) is 5.56 Å². The van der Waals surface area contributed by atoms with E-state index in [1.54, 1.807) is 0 Å². The van der Waals surface area contributed by atoms with Gasteiger partial charge in [0, 0.05) is 0 Å². The van der Waals surface area contributed by atoms with Crippen LogP contribution in [0, 0.1) is 13.8 Å². The molecule has 3 nitrogen and oxygen atoms in total. The molecule has 1 aromatic carbocycles. The molecule has 0 atom stereocenters. The van der Waals surface area contributed by atoms with Gasteiger partial charge in [-0.15, -0.1) is 0 Å². The first-order valence-corrected chi connectivity index (χ1v) is 3.89. The molecule has 0 spiro atoms. The van der Waals surface area contributed by atoms with Gasteiger partial charge in [-0.3, -0.25) is 0 Å². The summed E-state index contributed by atoms with van der Waals surface area (Å²) >= 11 is 0.